The summed E-state index contributed by atoms with van der Waals surface area (Å²) in [6.45, 7) is 1.84. The van der Waals surface area contributed by atoms with E-state index in [1.807, 2.05) is 0 Å². The Morgan fingerprint density at radius 1 is 1.33 bits per heavy atom. The van der Waals surface area contributed by atoms with Crippen molar-refractivity contribution >= 4 is 11.9 Å². The van der Waals surface area contributed by atoms with E-state index in [0.717, 1.165) is 44.5 Å². The lowest BCUT2D eigenvalue weighted by Gasteiger charge is -2.35. The number of rotatable bonds is 6. The zero-order chi connectivity index (χ0) is 18.6. The molecular weight excluding hydrogens is 346 g/mol. The molecule has 8 heteroatoms. The van der Waals surface area contributed by atoms with Crippen molar-refractivity contribution in [1.29, 1.82) is 0 Å². The molecule has 2 aromatic heterocycles. The third-order valence-electron chi connectivity index (χ3n) is 5.08. The first-order valence-corrected chi connectivity index (χ1v) is 9.36. The highest BCUT2D eigenvalue weighted by Gasteiger charge is 2.33. The van der Waals surface area contributed by atoms with Gasteiger partial charge in [0.25, 0.3) is 11.5 Å². The Balaban J connectivity index is 1.28. The topological polar surface area (TPSA) is 100 Å². The number of hydrogen-bond acceptors (Lipinski definition) is 6. The summed E-state index contributed by atoms with van der Waals surface area (Å²) < 4.78 is 5.40. The molecular formula is C19H23N5O3. The molecule has 142 valence electrons. The Morgan fingerprint density at radius 3 is 2.89 bits per heavy atom. The van der Waals surface area contributed by atoms with Crippen molar-refractivity contribution in [2.75, 3.05) is 24.6 Å². The van der Waals surface area contributed by atoms with Gasteiger partial charge in [-0.25, -0.2) is 4.98 Å². The van der Waals surface area contributed by atoms with E-state index in [0.29, 0.717) is 11.7 Å². The van der Waals surface area contributed by atoms with Crippen LogP contribution in [0.3, 0.4) is 0 Å². The van der Waals surface area contributed by atoms with Crippen LogP contribution >= 0.6 is 0 Å². The molecule has 8 nitrogen and oxygen atoms in total. The molecule has 0 unspecified atom stereocenters. The van der Waals surface area contributed by atoms with E-state index in [4.69, 9.17) is 4.74 Å². The number of aromatic nitrogens is 3. The van der Waals surface area contributed by atoms with Gasteiger partial charge in [-0.1, -0.05) is 0 Å². The molecule has 1 amide bonds. The summed E-state index contributed by atoms with van der Waals surface area (Å²) in [6.07, 6.45) is 7.06. The van der Waals surface area contributed by atoms with Crippen molar-refractivity contribution in [3.05, 3.63) is 46.6 Å². The maximum absolute atomic E-state index is 12.0. The van der Waals surface area contributed by atoms with Crippen LogP contribution in [0.1, 0.15) is 37.3 Å². The standard InChI is InChI=1S/C19H23N5O3/c25-17-10-16(22-19(23-17)24-6-1-2-7-24)13-8-14(9-13)21-18(26)12-27-15-4-3-5-20-11-15/h3-5,10-11,13-14H,1-2,6-9,12H2,(H,21,26)(H,22,23,25). The maximum Gasteiger partial charge on any atom is 0.258 e. The number of nitrogens with one attached hydrogen (secondary N) is 2. The van der Waals surface area contributed by atoms with Crippen LogP contribution in [0.15, 0.2) is 35.4 Å². The van der Waals surface area contributed by atoms with E-state index < -0.39 is 0 Å². The average molecular weight is 369 g/mol. The molecule has 4 rings (SSSR count). The van der Waals surface area contributed by atoms with Gasteiger partial charge >= 0.3 is 0 Å². The van der Waals surface area contributed by atoms with E-state index in [2.05, 4.69) is 25.2 Å². The maximum atomic E-state index is 12.0. The Morgan fingerprint density at radius 2 is 2.15 bits per heavy atom. The lowest BCUT2D eigenvalue weighted by atomic mass is 9.78. The Bertz CT molecular complexity index is 842. The predicted octanol–water partition coefficient (Wildman–Crippen LogP) is 1.21. The zero-order valence-electron chi connectivity index (χ0n) is 15.1. The number of carbonyl (C=O) groups is 1. The third-order valence-corrected chi connectivity index (χ3v) is 5.08. The molecule has 1 aliphatic heterocycles. The molecule has 27 heavy (non-hydrogen) atoms. The number of carbonyl (C=O) groups excluding carboxylic acids is 1. The SMILES string of the molecule is O=C(COc1cccnc1)NC1CC(c2cc(=O)[nH]c(N3CCCC3)n2)C1. The van der Waals surface area contributed by atoms with E-state index in [1.54, 1.807) is 30.6 Å². The molecule has 2 aromatic rings. The zero-order valence-corrected chi connectivity index (χ0v) is 15.1. The van der Waals surface area contributed by atoms with Crippen LogP contribution in [0.4, 0.5) is 5.95 Å². The minimum atomic E-state index is -0.154. The number of nitrogens with zero attached hydrogens (tertiary/aromatic N) is 3. The number of hydrogen-bond donors (Lipinski definition) is 2. The highest BCUT2D eigenvalue weighted by molar-refractivity contribution is 5.78. The summed E-state index contributed by atoms with van der Waals surface area (Å²) in [5.41, 5.74) is 0.706. The first kappa shape index (κ1) is 17.5. The van der Waals surface area contributed by atoms with Gasteiger partial charge in [0, 0.05) is 37.3 Å². The fraction of sp³-hybridized carbons (Fsp3) is 0.474. The molecule has 1 saturated heterocycles. The van der Waals surface area contributed by atoms with Crippen LogP contribution in [0, 0.1) is 0 Å². The highest BCUT2D eigenvalue weighted by atomic mass is 16.5. The lowest BCUT2D eigenvalue weighted by molar-refractivity contribution is -0.124. The summed E-state index contributed by atoms with van der Waals surface area (Å²) in [6, 6.07) is 5.19. The second-order valence-corrected chi connectivity index (χ2v) is 7.10. The van der Waals surface area contributed by atoms with E-state index in [-0.39, 0.29) is 30.0 Å². The molecule has 1 saturated carbocycles. The van der Waals surface area contributed by atoms with Crippen LogP contribution < -0.4 is 20.5 Å². The van der Waals surface area contributed by atoms with Crippen molar-refractivity contribution in [3.8, 4) is 5.75 Å². The molecule has 0 spiro atoms. The summed E-state index contributed by atoms with van der Waals surface area (Å²) in [4.78, 5) is 37.5. The summed E-state index contributed by atoms with van der Waals surface area (Å²) in [5.74, 6) is 1.30. The van der Waals surface area contributed by atoms with Crippen LogP contribution in [-0.2, 0) is 4.79 Å². The molecule has 3 heterocycles. The monoisotopic (exact) mass is 369 g/mol. The van der Waals surface area contributed by atoms with Crippen LogP contribution in [0.5, 0.6) is 5.75 Å². The molecule has 0 bridgehead atoms. The number of aromatic amines is 1. The largest absolute Gasteiger partial charge is 0.482 e. The molecule has 0 radical (unpaired) electrons. The van der Waals surface area contributed by atoms with Gasteiger partial charge in [-0.05, 0) is 37.8 Å². The van der Waals surface area contributed by atoms with Crippen molar-refractivity contribution in [2.24, 2.45) is 0 Å². The Kier molecular flexibility index (Phi) is 5.04. The van der Waals surface area contributed by atoms with Crippen molar-refractivity contribution in [2.45, 2.75) is 37.6 Å². The van der Waals surface area contributed by atoms with Crippen LogP contribution in [-0.4, -0.2) is 46.6 Å². The number of ether oxygens (including phenoxy) is 1. The molecule has 0 atom stereocenters. The quantitative estimate of drug-likeness (QED) is 0.794. The van der Waals surface area contributed by atoms with Gasteiger partial charge < -0.3 is 15.0 Å². The van der Waals surface area contributed by atoms with E-state index in [1.165, 1.54) is 0 Å². The van der Waals surface area contributed by atoms with Gasteiger partial charge in [0.05, 0.1) is 11.9 Å². The van der Waals surface area contributed by atoms with Crippen LogP contribution in [0.2, 0.25) is 0 Å². The summed E-state index contributed by atoms with van der Waals surface area (Å²) in [5, 5.41) is 2.96. The van der Waals surface area contributed by atoms with Gasteiger partial charge in [-0.2, -0.15) is 0 Å². The van der Waals surface area contributed by atoms with E-state index >= 15 is 0 Å². The van der Waals surface area contributed by atoms with E-state index in [9.17, 15) is 9.59 Å². The van der Waals surface area contributed by atoms with Crippen molar-refractivity contribution < 1.29 is 9.53 Å². The fourth-order valence-electron chi connectivity index (χ4n) is 3.58. The summed E-state index contributed by atoms with van der Waals surface area (Å²) in [7, 11) is 0. The second kappa shape index (κ2) is 7.77. The molecule has 1 aliphatic carbocycles. The number of H-pyrrole nitrogens is 1. The minimum absolute atomic E-state index is 0.0325. The lowest BCUT2D eigenvalue weighted by Crippen LogP contribution is -2.45. The van der Waals surface area contributed by atoms with Gasteiger partial charge in [0.1, 0.15) is 5.75 Å². The van der Waals surface area contributed by atoms with Gasteiger partial charge in [-0.3, -0.25) is 19.6 Å². The molecule has 2 fully saturated rings. The number of pyridine rings is 1. The molecule has 2 N–H and O–H groups in total. The number of anilines is 1. The fourth-order valence-corrected chi connectivity index (χ4v) is 3.58. The second-order valence-electron chi connectivity index (χ2n) is 7.10. The first-order valence-electron chi connectivity index (χ1n) is 9.36. The Hall–Kier alpha value is -2.90. The van der Waals surface area contributed by atoms with Gasteiger partial charge in [-0.15, -0.1) is 0 Å². The van der Waals surface area contributed by atoms with Crippen molar-refractivity contribution in [3.63, 3.8) is 0 Å². The molecule has 2 aliphatic rings. The summed E-state index contributed by atoms with van der Waals surface area (Å²) >= 11 is 0. The van der Waals surface area contributed by atoms with Gasteiger partial charge in [0.15, 0.2) is 6.61 Å². The van der Waals surface area contributed by atoms with Crippen LogP contribution in [0.25, 0.3) is 0 Å². The third kappa shape index (κ3) is 4.27. The van der Waals surface area contributed by atoms with Crippen molar-refractivity contribution in [1.82, 2.24) is 20.3 Å². The van der Waals surface area contributed by atoms with Gasteiger partial charge in [0.2, 0.25) is 5.95 Å². The highest BCUT2D eigenvalue weighted by Crippen LogP contribution is 2.36. The average Bonchev–Trinajstić information content (AvgIpc) is 3.18. The Labute approximate surface area is 157 Å². The normalized spacial score (nSPS) is 21.6. The first-order chi connectivity index (χ1) is 13.2. The molecule has 0 aromatic carbocycles. The minimum Gasteiger partial charge on any atom is -0.482 e. The smallest absolute Gasteiger partial charge is 0.258 e. The number of amides is 1. The predicted molar refractivity (Wildman–Crippen MR) is 99.9 cm³/mol.